The lowest BCUT2D eigenvalue weighted by molar-refractivity contribution is -0.174. The zero-order chi connectivity index (χ0) is 32.5. The van der Waals surface area contributed by atoms with E-state index in [0.717, 1.165) is 24.6 Å². The van der Waals surface area contributed by atoms with Crippen LogP contribution in [-0.2, 0) is 24.8 Å². The van der Waals surface area contributed by atoms with E-state index in [9.17, 15) is 18.4 Å². The molecule has 0 bridgehead atoms. The molecule has 246 valence electrons. The van der Waals surface area contributed by atoms with Crippen molar-refractivity contribution in [2.75, 3.05) is 37.9 Å². The summed E-state index contributed by atoms with van der Waals surface area (Å²) in [6.07, 6.45) is 2.55. The number of nitrogens with zero attached hydrogens (tertiary/aromatic N) is 1. The number of benzene rings is 3. The number of hydrogen-bond donors (Lipinski definition) is 1. The van der Waals surface area contributed by atoms with Gasteiger partial charge in [0, 0.05) is 17.7 Å². The molecule has 3 aromatic rings. The summed E-state index contributed by atoms with van der Waals surface area (Å²) in [4.78, 5) is 28.9. The Hall–Kier alpha value is -3.59. The molecule has 2 amide bonds. The number of anilines is 1. The van der Waals surface area contributed by atoms with Gasteiger partial charge in [-0.05, 0) is 73.1 Å². The number of rotatable bonds is 15. The maximum Gasteiger partial charge on any atom is 0.417 e. The molecule has 2 heterocycles. The van der Waals surface area contributed by atoms with Crippen LogP contribution < -0.4 is 10.1 Å². The Labute approximate surface area is 270 Å². The van der Waals surface area contributed by atoms with E-state index >= 15 is 0 Å². The number of unbranched alkanes of at least 4 members (excludes halogenated alkanes) is 1. The molecule has 1 unspecified atom stereocenters. The summed E-state index contributed by atoms with van der Waals surface area (Å²) in [5.41, 5.74) is 2.02. The molecule has 8 nitrogen and oxygen atoms in total. The summed E-state index contributed by atoms with van der Waals surface area (Å²) in [6, 6.07) is 18.7. The molecule has 5 rings (SSSR count). The quantitative estimate of drug-likeness (QED) is 0.133. The fourth-order valence-electron chi connectivity index (χ4n) is 5.87. The number of nitrogens with one attached hydrogen (secondary N) is 1. The van der Waals surface area contributed by atoms with Crippen LogP contribution in [0.5, 0.6) is 5.75 Å². The van der Waals surface area contributed by atoms with Gasteiger partial charge in [0.25, 0.3) is 0 Å². The first-order chi connectivity index (χ1) is 22.3. The molecule has 2 aliphatic rings. The van der Waals surface area contributed by atoms with Crippen LogP contribution in [0.15, 0.2) is 72.8 Å². The van der Waals surface area contributed by atoms with E-state index in [1.165, 1.54) is 29.2 Å². The van der Waals surface area contributed by atoms with E-state index in [-0.39, 0.29) is 42.8 Å². The second kappa shape index (κ2) is 15.8. The van der Waals surface area contributed by atoms with Crippen molar-refractivity contribution in [2.45, 2.75) is 57.1 Å². The summed E-state index contributed by atoms with van der Waals surface area (Å²) < 4.78 is 51.3. The van der Waals surface area contributed by atoms with Crippen LogP contribution in [-0.4, -0.2) is 55.3 Å². The predicted octanol–water partition coefficient (Wildman–Crippen LogP) is 7.60. The second-order valence-corrected chi connectivity index (χ2v) is 13.1. The molecule has 2 saturated heterocycles. The first-order valence-electron chi connectivity index (χ1n) is 15.9. The number of amides is 2. The molecule has 4 atom stereocenters. The highest BCUT2D eigenvalue weighted by atomic mass is 31.1. The third kappa shape index (κ3) is 8.03. The number of hydrogen-bond acceptors (Lipinski definition) is 7. The number of imide groups is 1. The van der Waals surface area contributed by atoms with Gasteiger partial charge in [-0.1, -0.05) is 53.1 Å². The van der Waals surface area contributed by atoms with Gasteiger partial charge >= 0.3 is 6.09 Å². The molecule has 2 fully saturated rings. The third-order valence-electron chi connectivity index (χ3n) is 8.26. The SMILES string of the molecule is CCCCOc1ccc([C@@H](Nc2ccc(F)cc2)[C@@H](CCC2(c3ccc(F)cc3)OCCO2)C(=O)N2C(=O)OC[C@@H]2PCC)cc1. The average Bonchev–Trinajstić information content (AvgIpc) is 3.69. The molecule has 11 heteroatoms. The Morgan fingerprint density at radius 3 is 2.28 bits per heavy atom. The zero-order valence-corrected chi connectivity index (χ0v) is 27.2. The Morgan fingerprint density at radius 1 is 1.00 bits per heavy atom. The van der Waals surface area contributed by atoms with Crippen molar-refractivity contribution >= 4 is 26.3 Å². The van der Waals surface area contributed by atoms with Gasteiger partial charge in [0.2, 0.25) is 5.91 Å². The second-order valence-electron chi connectivity index (χ2n) is 11.4. The highest BCUT2D eigenvalue weighted by molar-refractivity contribution is 7.38. The molecule has 3 aromatic carbocycles. The Kier molecular flexibility index (Phi) is 11.6. The van der Waals surface area contributed by atoms with Crippen LogP contribution in [0.2, 0.25) is 0 Å². The molecule has 1 N–H and O–H groups in total. The van der Waals surface area contributed by atoms with Crippen molar-refractivity contribution in [2.24, 2.45) is 5.92 Å². The first kappa shape index (κ1) is 33.8. The summed E-state index contributed by atoms with van der Waals surface area (Å²) in [5, 5.41) is 3.46. The molecule has 0 aromatic heterocycles. The summed E-state index contributed by atoms with van der Waals surface area (Å²) in [7, 11) is 0.323. The highest BCUT2D eigenvalue weighted by Crippen LogP contribution is 2.42. The van der Waals surface area contributed by atoms with Crippen molar-refractivity contribution in [3.05, 3.63) is 95.6 Å². The van der Waals surface area contributed by atoms with Crippen LogP contribution in [0, 0.1) is 17.6 Å². The minimum Gasteiger partial charge on any atom is -0.494 e. The molecule has 0 spiro atoms. The minimum atomic E-state index is -1.19. The van der Waals surface area contributed by atoms with Gasteiger partial charge in [-0.2, -0.15) is 0 Å². The van der Waals surface area contributed by atoms with Gasteiger partial charge in [0.1, 0.15) is 24.0 Å². The van der Waals surface area contributed by atoms with E-state index < -0.39 is 23.8 Å². The van der Waals surface area contributed by atoms with E-state index in [0.29, 0.717) is 45.4 Å². The van der Waals surface area contributed by atoms with Crippen LogP contribution in [0.1, 0.15) is 56.7 Å². The topological polar surface area (TPSA) is 86.3 Å². The summed E-state index contributed by atoms with van der Waals surface area (Å²) >= 11 is 0. The third-order valence-corrected chi connectivity index (χ3v) is 9.57. The van der Waals surface area contributed by atoms with E-state index in [4.69, 9.17) is 18.9 Å². The van der Waals surface area contributed by atoms with Crippen LogP contribution in [0.4, 0.5) is 19.3 Å². The monoisotopic (exact) mass is 654 g/mol. The van der Waals surface area contributed by atoms with Gasteiger partial charge in [-0.15, -0.1) is 0 Å². The minimum absolute atomic E-state index is 0.148. The molecule has 0 radical (unpaired) electrons. The maximum atomic E-state index is 14.6. The summed E-state index contributed by atoms with van der Waals surface area (Å²) in [6.45, 7) is 5.52. The molecular weight excluding hydrogens is 613 g/mol. The Morgan fingerprint density at radius 2 is 1.65 bits per heavy atom. The maximum absolute atomic E-state index is 14.6. The van der Waals surface area contributed by atoms with Gasteiger partial charge in [0.05, 0.1) is 37.6 Å². The van der Waals surface area contributed by atoms with E-state index in [1.807, 2.05) is 31.2 Å². The van der Waals surface area contributed by atoms with Gasteiger partial charge in [-0.25, -0.2) is 18.5 Å². The lowest BCUT2D eigenvalue weighted by Crippen LogP contribution is -2.44. The largest absolute Gasteiger partial charge is 0.494 e. The number of carbonyl (C=O) groups excluding carboxylic acids is 2. The first-order valence-corrected chi connectivity index (χ1v) is 17.1. The predicted molar refractivity (Wildman–Crippen MR) is 173 cm³/mol. The van der Waals surface area contributed by atoms with Gasteiger partial charge < -0.3 is 24.3 Å². The van der Waals surface area contributed by atoms with Crippen LogP contribution in [0.25, 0.3) is 0 Å². The Balaban J connectivity index is 1.53. The van der Waals surface area contributed by atoms with Crippen LogP contribution >= 0.6 is 8.58 Å². The fourth-order valence-corrected chi connectivity index (χ4v) is 6.96. The van der Waals surface area contributed by atoms with Crippen molar-refractivity contribution in [1.82, 2.24) is 4.90 Å². The van der Waals surface area contributed by atoms with Gasteiger partial charge in [0.15, 0.2) is 5.79 Å². The number of halogens is 2. The zero-order valence-electron chi connectivity index (χ0n) is 26.2. The Bertz CT molecular complexity index is 1430. The van der Waals surface area contributed by atoms with Crippen molar-refractivity contribution in [3.8, 4) is 5.75 Å². The fraction of sp³-hybridized carbons (Fsp3) is 0.429. The normalized spacial score (nSPS) is 18.9. The molecule has 46 heavy (non-hydrogen) atoms. The molecule has 0 saturated carbocycles. The highest BCUT2D eigenvalue weighted by Gasteiger charge is 2.46. The van der Waals surface area contributed by atoms with Crippen molar-refractivity contribution in [1.29, 1.82) is 0 Å². The summed E-state index contributed by atoms with van der Waals surface area (Å²) in [5.74, 6) is -2.82. The smallest absolute Gasteiger partial charge is 0.417 e. The molecule has 2 aliphatic heterocycles. The standard InChI is InChI=1S/C35H41F2N2O6P/c1-3-5-20-42-29-16-6-24(7-17-29)32(38-28-14-12-27(37)13-15-28)30(33(40)39-31(46-4-2)23-43-34(39)41)18-19-35(44-21-22-45-35)25-8-10-26(36)11-9-25/h6-17,30-32,38,46H,3-5,18-23H2,1-2H3/t30-,31+,32-/m1/s1. The van der Waals surface area contributed by atoms with E-state index in [1.54, 1.807) is 24.3 Å². The number of cyclic esters (lactones) is 1. The van der Waals surface area contributed by atoms with Crippen LogP contribution in [0.3, 0.4) is 0 Å². The average molecular weight is 655 g/mol. The van der Waals surface area contributed by atoms with E-state index in [2.05, 4.69) is 12.2 Å². The molecule has 0 aliphatic carbocycles. The molecular formula is C35H41F2N2O6P. The van der Waals surface area contributed by atoms with Crippen molar-refractivity contribution in [3.63, 3.8) is 0 Å². The lowest BCUT2D eigenvalue weighted by atomic mass is 9.85. The number of carbonyl (C=O) groups is 2. The lowest BCUT2D eigenvalue weighted by Gasteiger charge is -2.35. The van der Waals surface area contributed by atoms with Gasteiger partial charge in [-0.3, -0.25) is 4.79 Å². The number of ether oxygens (including phenoxy) is 4. The van der Waals surface area contributed by atoms with Crippen molar-refractivity contribution < 1.29 is 37.3 Å².